The molecule has 6 fully saturated rings. The summed E-state index contributed by atoms with van der Waals surface area (Å²) < 4.78 is 21.9. The zero-order valence-electron chi connectivity index (χ0n) is 24.5. The molecule has 4 saturated heterocycles. The molecular weight excluding hydrogens is 588 g/mol. The number of hydrogen-bond acceptors (Lipinski definition) is 12. The number of hydrazine groups is 2. The first-order valence-electron chi connectivity index (χ1n) is 14.2. The molecule has 0 radical (unpaired) electrons. The molecule has 4 heterocycles. The fourth-order valence-corrected chi connectivity index (χ4v) is 8.04. The number of methoxy groups -OCH3 is 2. The standard InChI is InChI=1S/2C13H19N3O4S/c2*1-7(2)20-10(18)12-6-4-5-8(12)13(19-3)9(17)14-11(21)16(13)15-12/h2*7-8,15H,4-6H2,1-3H3,(H,14,17,21)/t2*8-,12+,13+/m11/s1. The SMILES string of the molecule is CO[C@@]12C(=O)NC(=S)N1N[C@@]1(C(=O)OC(C)C)CCC[C@@H]21.CO[C@@]12C(=O)NC(=S)N1N[C@@]1(C(=O)OC(C)C)CCC[C@@H]21. The van der Waals surface area contributed by atoms with Crippen molar-refractivity contribution in [2.75, 3.05) is 14.2 Å². The summed E-state index contributed by atoms with van der Waals surface area (Å²) in [5.41, 5.74) is 1.82. The summed E-state index contributed by atoms with van der Waals surface area (Å²) >= 11 is 10.3. The Morgan fingerprint density at radius 2 is 1.12 bits per heavy atom. The van der Waals surface area contributed by atoms with Gasteiger partial charge >= 0.3 is 11.9 Å². The molecule has 0 bridgehead atoms. The van der Waals surface area contributed by atoms with Gasteiger partial charge in [0.25, 0.3) is 11.8 Å². The lowest BCUT2D eigenvalue weighted by atomic mass is 9.81. The summed E-state index contributed by atoms with van der Waals surface area (Å²) in [6.07, 6.45) is 3.80. The third-order valence-corrected chi connectivity index (χ3v) is 9.65. The van der Waals surface area contributed by atoms with Crippen LogP contribution in [0.1, 0.15) is 66.2 Å². The molecular formula is C26H38N6O8S2. The summed E-state index contributed by atoms with van der Waals surface area (Å²) in [5, 5.41) is 8.62. The Balaban J connectivity index is 0.000000168. The molecule has 16 heteroatoms. The first kappa shape index (κ1) is 30.9. The van der Waals surface area contributed by atoms with Crippen molar-refractivity contribution in [3.05, 3.63) is 0 Å². The summed E-state index contributed by atoms with van der Waals surface area (Å²) in [6, 6.07) is 0. The molecule has 0 aromatic carbocycles. The van der Waals surface area contributed by atoms with Crippen molar-refractivity contribution >= 4 is 58.4 Å². The number of nitrogens with one attached hydrogen (secondary N) is 4. The van der Waals surface area contributed by atoms with Gasteiger partial charge in [0.05, 0.1) is 12.2 Å². The van der Waals surface area contributed by atoms with E-state index in [0.717, 1.165) is 12.8 Å². The molecule has 0 unspecified atom stereocenters. The van der Waals surface area contributed by atoms with Crippen LogP contribution in [0.3, 0.4) is 0 Å². The Kier molecular flexibility index (Phi) is 7.80. The van der Waals surface area contributed by atoms with E-state index in [9.17, 15) is 19.2 Å². The van der Waals surface area contributed by atoms with Crippen LogP contribution in [0.15, 0.2) is 0 Å². The van der Waals surface area contributed by atoms with E-state index >= 15 is 0 Å². The van der Waals surface area contributed by atoms with E-state index in [1.54, 1.807) is 27.7 Å². The average molecular weight is 627 g/mol. The molecule has 2 saturated carbocycles. The maximum Gasteiger partial charge on any atom is 0.328 e. The maximum atomic E-state index is 12.6. The quantitative estimate of drug-likeness (QED) is 0.232. The third-order valence-electron chi connectivity index (χ3n) is 9.08. The van der Waals surface area contributed by atoms with Crippen molar-refractivity contribution in [1.82, 2.24) is 31.5 Å². The highest BCUT2D eigenvalue weighted by atomic mass is 32.1. The summed E-state index contributed by atoms with van der Waals surface area (Å²) in [6.45, 7) is 7.21. The fourth-order valence-electron chi connectivity index (χ4n) is 7.49. The van der Waals surface area contributed by atoms with Crippen molar-refractivity contribution < 1.29 is 38.1 Å². The van der Waals surface area contributed by atoms with Gasteiger partial charge in [0.15, 0.2) is 10.2 Å². The zero-order chi connectivity index (χ0) is 30.8. The molecule has 6 atom stereocenters. The van der Waals surface area contributed by atoms with Crippen LogP contribution in [0, 0.1) is 11.8 Å². The van der Waals surface area contributed by atoms with E-state index in [4.69, 9.17) is 43.4 Å². The van der Waals surface area contributed by atoms with Crippen molar-refractivity contribution in [3.63, 3.8) is 0 Å². The van der Waals surface area contributed by atoms with Gasteiger partial charge in [-0.05, 0) is 77.8 Å². The second-order valence-corrected chi connectivity index (χ2v) is 12.7. The molecule has 6 aliphatic rings. The van der Waals surface area contributed by atoms with E-state index in [2.05, 4.69) is 21.5 Å². The Morgan fingerprint density at radius 3 is 1.43 bits per heavy atom. The number of amides is 2. The van der Waals surface area contributed by atoms with Gasteiger partial charge in [0, 0.05) is 26.1 Å². The Hall–Kier alpha value is -2.50. The number of esters is 2. The molecule has 4 N–H and O–H groups in total. The lowest BCUT2D eigenvalue weighted by molar-refractivity contribution is -0.164. The van der Waals surface area contributed by atoms with Crippen molar-refractivity contribution in [1.29, 1.82) is 0 Å². The predicted octanol–water partition coefficient (Wildman–Crippen LogP) is 0.109. The van der Waals surface area contributed by atoms with Gasteiger partial charge in [-0.15, -0.1) is 0 Å². The third kappa shape index (κ3) is 4.02. The Bertz CT molecular complexity index is 1140. The average Bonchev–Trinajstić information content (AvgIpc) is 3.70. The van der Waals surface area contributed by atoms with Crippen molar-refractivity contribution in [2.45, 2.75) is 101 Å². The van der Waals surface area contributed by atoms with E-state index < -0.39 is 22.5 Å². The number of hydrogen-bond donors (Lipinski definition) is 4. The number of carbonyl (C=O) groups excluding carboxylic acids is 4. The number of ether oxygens (including phenoxy) is 4. The highest BCUT2D eigenvalue weighted by Gasteiger charge is 2.75. The van der Waals surface area contributed by atoms with Crippen LogP contribution in [0.2, 0.25) is 0 Å². The lowest BCUT2D eigenvalue weighted by Crippen LogP contribution is -2.55. The highest BCUT2D eigenvalue weighted by Crippen LogP contribution is 2.53. The van der Waals surface area contributed by atoms with Crippen LogP contribution >= 0.6 is 24.4 Å². The minimum absolute atomic E-state index is 0.218. The van der Waals surface area contributed by atoms with Crippen LogP contribution in [0.25, 0.3) is 0 Å². The highest BCUT2D eigenvalue weighted by molar-refractivity contribution is 7.80. The lowest BCUT2D eigenvalue weighted by Gasteiger charge is -2.31. The number of nitrogens with zero attached hydrogens (tertiary/aromatic N) is 2. The molecule has 14 nitrogen and oxygen atoms in total. The predicted molar refractivity (Wildman–Crippen MR) is 154 cm³/mol. The van der Waals surface area contributed by atoms with E-state index in [1.165, 1.54) is 24.2 Å². The molecule has 2 aliphatic carbocycles. The Labute approximate surface area is 254 Å². The fraction of sp³-hybridized carbons (Fsp3) is 0.769. The molecule has 0 aromatic rings. The Morgan fingerprint density at radius 1 is 0.762 bits per heavy atom. The van der Waals surface area contributed by atoms with Crippen molar-refractivity contribution in [3.8, 4) is 0 Å². The van der Waals surface area contributed by atoms with E-state index in [1.807, 2.05) is 0 Å². The molecule has 42 heavy (non-hydrogen) atoms. The van der Waals surface area contributed by atoms with E-state index in [0.29, 0.717) is 25.7 Å². The minimum Gasteiger partial charge on any atom is -0.462 e. The second kappa shape index (κ2) is 10.6. The molecule has 0 spiro atoms. The number of carbonyl (C=O) groups is 4. The topological polar surface area (TPSA) is 160 Å². The van der Waals surface area contributed by atoms with Gasteiger partial charge in [0.1, 0.15) is 11.1 Å². The number of thiocarbonyl (C=S) groups is 2. The van der Waals surface area contributed by atoms with E-state index in [-0.39, 0.29) is 58.0 Å². The first-order chi connectivity index (χ1) is 19.8. The van der Waals surface area contributed by atoms with Gasteiger partial charge in [-0.2, -0.15) is 0 Å². The number of fused-ring (bicyclic) bond motifs is 6. The zero-order valence-corrected chi connectivity index (χ0v) is 26.2. The first-order valence-corrected chi connectivity index (χ1v) is 15.0. The van der Waals surface area contributed by atoms with Gasteiger partial charge in [-0.1, -0.05) is 12.8 Å². The summed E-state index contributed by atoms with van der Waals surface area (Å²) in [4.78, 5) is 50.0. The summed E-state index contributed by atoms with van der Waals surface area (Å²) in [5.74, 6) is -2.01. The van der Waals surface area contributed by atoms with Crippen LogP contribution in [0.4, 0.5) is 0 Å². The monoisotopic (exact) mass is 626 g/mol. The molecule has 6 rings (SSSR count). The summed E-state index contributed by atoms with van der Waals surface area (Å²) in [7, 11) is 2.93. The smallest absolute Gasteiger partial charge is 0.328 e. The van der Waals surface area contributed by atoms with Gasteiger partial charge in [-0.3, -0.25) is 20.2 Å². The molecule has 4 aliphatic heterocycles. The molecule has 0 aromatic heterocycles. The second-order valence-electron chi connectivity index (χ2n) is 12.0. The van der Waals surface area contributed by atoms with Crippen LogP contribution in [-0.2, 0) is 38.1 Å². The van der Waals surface area contributed by atoms with Crippen LogP contribution < -0.4 is 21.5 Å². The normalized spacial score (nSPS) is 37.7. The molecule has 2 amide bonds. The number of rotatable bonds is 6. The van der Waals surface area contributed by atoms with Gasteiger partial charge in [0.2, 0.25) is 11.4 Å². The van der Waals surface area contributed by atoms with Crippen LogP contribution in [-0.4, -0.2) is 93.0 Å². The largest absolute Gasteiger partial charge is 0.462 e. The van der Waals surface area contributed by atoms with Crippen molar-refractivity contribution in [2.24, 2.45) is 11.8 Å². The molecule has 232 valence electrons. The van der Waals surface area contributed by atoms with Gasteiger partial charge < -0.3 is 18.9 Å². The minimum atomic E-state index is -1.26. The maximum absolute atomic E-state index is 12.6. The van der Waals surface area contributed by atoms with Gasteiger partial charge in [-0.25, -0.2) is 30.5 Å². The van der Waals surface area contributed by atoms with Crippen LogP contribution in [0.5, 0.6) is 0 Å².